The van der Waals surface area contributed by atoms with Gasteiger partial charge in [-0.05, 0) is 81.1 Å². The van der Waals surface area contributed by atoms with Gasteiger partial charge in [0.05, 0.1) is 13.1 Å². The minimum absolute atomic E-state index is 0.0376. The third kappa shape index (κ3) is 20.6. The molecule has 0 aromatic carbocycles. The van der Waals surface area contributed by atoms with Crippen LogP contribution in [0.15, 0.2) is 0 Å². The first-order valence-electron chi connectivity index (χ1n) is 17.9. The summed E-state index contributed by atoms with van der Waals surface area (Å²) in [4.78, 5) is 54.0. The maximum Gasteiger partial charge on any atom is 0.410 e. The third-order valence-corrected chi connectivity index (χ3v) is 8.02. The zero-order chi connectivity index (χ0) is 34.6. The lowest BCUT2D eigenvalue weighted by Gasteiger charge is -2.31. The van der Waals surface area contributed by atoms with Crippen LogP contribution in [-0.2, 0) is 28.5 Å². The number of hydrogen-bond donors (Lipinski definition) is 0. The Balaban J connectivity index is 2.74. The van der Waals surface area contributed by atoms with Gasteiger partial charge in [0.15, 0.2) is 0 Å². The van der Waals surface area contributed by atoms with Crippen molar-refractivity contribution in [2.45, 2.75) is 181 Å². The lowest BCUT2D eigenvalue weighted by atomic mass is 10.0. The van der Waals surface area contributed by atoms with Gasteiger partial charge in [0, 0.05) is 24.9 Å². The predicted molar refractivity (Wildman–Crippen MR) is 181 cm³/mol. The Kier molecular flexibility index (Phi) is 20.0. The number of nitrogens with zero attached hydrogens (tertiary/aromatic N) is 2. The molecule has 1 rings (SSSR count). The Morgan fingerprint density at radius 1 is 0.565 bits per heavy atom. The molecular formula is C36H66N2O8. The Morgan fingerprint density at radius 3 is 1.20 bits per heavy atom. The molecular weight excluding hydrogens is 588 g/mol. The van der Waals surface area contributed by atoms with Crippen LogP contribution in [0.2, 0.25) is 0 Å². The highest BCUT2D eigenvalue weighted by Crippen LogP contribution is 2.19. The molecule has 0 aliphatic carbocycles. The molecule has 10 nitrogen and oxygen atoms in total. The minimum Gasteiger partial charge on any atom is -0.464 e. The van der Waals surface area contributed by atoms with Crippen molar-refractivity contribution in [3.8, 4) is 0 Å². The quantitative estimate of drug-likeness (QED) is 0.189. The lowest BCUT2D eigenvalue weighted by Crippen LogP contribution is -2.44. The number of carbonyl (C=O) groups is 4. The van der Waals surface area contributed by atoms with Gasteiger partial charge in [0.1, 0.15) is 24.4 Å². The van der Waals surface area contributed by atoms with Crippen molar-refractivity contribution >= 4 is 24.1 Å². The Bertz CT molecular complexity index is 823. The van der Waals surface area contributed by atoms with E-state index in [1.165, 1.54) is 0 Å². The van der Waals surface area contributed by atoms with Crippen molar-refractivity contribution in [3.63, 3.8) is 0 Å². The largest absolute Gasteiger partial charge is 0.464 e. The summed E-state index contributed by atoms with van der Waals surface area (Å²) in [5.74, 6) is -0.460. The smallest absolute Gasteiger partial charge is 0.410 e. The second-order valence-electron chi connectivity index (χ2n) is 14.8. The molecule has 10 heteroatoms. The van der Waals surface area contributed by atoms with Crippen LogP contribution in [0.3, 0.4) is 0 Å². The molecule has 1 heterocycles. The SMILES string of the molecule is C[C@@H]1CCCCCCCCC(=O)OCCN(C(=O)OC(C)(C)C)[C@H](C)CCCCCCCCC(=O)OCCN1C(=O)OC(C)(C)C. The second kappa shape index (κ2) is 22.1. The van der Waals surface area contributed by atoms with E-state index in [2.05, 4.69) is 0 Å². The lowest BCUT2D eigenvalue weighted by molar-refractivity contribution is -0.145. The molecule has 0 unspecified atom stereocenters. The molecule has 268 valence electrons. The van der Waals surface area contributed by atoms with Crippen LogP contribution in [-0.4, -0.2) is 83.5 Å². The highest BCUT2D eigenvalue weighted by atomic mass is 16.6. The summed E-state index contributed by atoms with van der Waals surface area (Å²) in [5.41, 5.74) is -1.21. The molecule has 46 heavy (non-hydrogen) atoms. The summed E-state index contributed by atoms with van der Waals surface area (Å²) in [5, 5.41) is 0. The first-order chi connectivity index (χ1) is 21.6. The molecule has 0 N–H and O–H groups in total. The molecule has 0 spiro atoms. The van der Waals surface area contributed by atoms with E-state index in [-0.39, 0.29) is 49.4 Å². The average molecular weight is 655 g/mol. The fraction of sp³-hybridized carbons (Fsp3) is 0.889. The standard InChI is InChI=1S/C36H66N2O8/c1-29-21-17-13-9-11-15-19-24-32(40)44-28-26-38(34(42)46-36(6,7)8)30(2)22-18-14-10-12-16-20-23-31(39)43-27-25-37(29)33(41)45-35(3,4)5/h29-30H,9-28H2,1-8H3/t29-,30-/m1/s1. The van der Waals surface area contributed by atoms with E-state index in [9.17, 15) is 19.2 Å². The normalized spacial score (nSPS) is 22.9. The van der Waals surface area contributed by atoms with Crippen molar-refractivity contribution in [1.29, 1.82) is 0 Å². The molecule has 0 radical (unpaired) electrons. The van der Waals surface area contributed by atoms with Crippen LogP contribution in [0, 0.1) is 0 Å². The molecule has 1 aliphatic rings. The maximum atomic E-state index is 12.9. The Hall–Kier alpha value is -2.52. The molecule has 1 fully saturated rings. The average Bonchev–Trinajstić information content (AvgIpc) is 2.93. The van der Waals surface area contributed by atoms with Crippen molar-refractivity contribution in [1.82, 2.24) is 9.80 Å². The molecule has 1 aliphatic heterocycles. The predicted octanol–water partition coefficient (Wildman–Crippen LogP) is 8.58. The van der Waals surface area contributed by atoms with Crippen molar-refractivity contribution in [3.05, 3.63) is 0 Å². The van der Waals surface area contributed by atoms with Gasteiger partial charge in [-0.2, -0.15) is 0 Å². The third-order valence-electron chi connectivity index (χ3n) is 8.02. The molecule has 2 atom stereocenters. The van der Waals surface area contributed by atoms with Crippen LogP contribution in [0.1, 0.15) is 158 Å². The van der Waals surface area contributed by atoms with Crippen molar-refractivity contribution < 1.29 is 38.1 Å². The molecule has 0 aromatic heterocycles. The van der Waals surface area contributed by atoms with E-state index < -0.39 is 11.2 Å². The molecule has 0 aromatic rings. The van der Waals surface area contributed by atoms with Crippen LogP contribution >= 0.6 is 0 Å². The van der Waals surface area contributed by atoms with Crippen molar-refractivity contribution in [2.24, 2.45) is 0 Å². The van der Waals surface area contributed by atoms with Gasteiger partial charge in [0.2, 0.25) is 0 Å². The number of cyclic esters (lactones) is 2. The van der Waals surface area contributed by atoms with Crippen LogP contribution in [0.25, 0.3) is 0 Å². The number of esters is 2. The van der Waals surface area contributed by atoms with Crippen LogP contribution < -0.4 is 0 Å². The summed E-state index contributed by atoms with van der Waals surface area (Å²) in [6.45, 7) is 16.1. The summed E-state index contributed by atoms with van der Waals surface area (Å²) < 4.78 is 22.3. The summed E-state index contributed by atoms with van der Waals surface area (Å²) in [7, 11) is 0. The molecule has 2 amide bonds. The Morgan fingerprint density at radius 2 is 0.870 bits per heavy atom. The Labute approximate surface area is 279 Å². The van der Waals surface area contributed by atoms with Gasteiger partial charge >= 0.3 is 24.1 Å². The molecule has 0 saturated carbocycles. The second-order valence-corrected chi connectivity index (χ2v) is 14.8. The monoisotopic (exact) mass is 654 g/mol. The van der Waals surface area contributed by atoms with Gasteiger partial charge in [-0.25, -0.2) is 9.59 Å². The van der Waals surface area contributed by atoms with Gasteiger partial charge in [-0.15, -0.1) is 0 Å². The fourth-order valence-electron chi connectivity index (χ4n) is 5.43. The highest BCUT2D eigenvalue weighted by molar-refractivity contribution is 5.70. The van der Waals surface area contributed by atoms with E-state index in [0.29, 0.717) is 25.9 Å². The molecule has 0 bridgehead atoms. The number of rotatable bonds is 0. The molecule has 1 saturated heterocycles. The summed E-state index contributed by atoms with van der Waals surface area (Å²) >= 11 is 0. The number of hydrogen-bond acceptors (Lipinski definition) is 8. The number of amides is 2. The van der Waals surface area contributed by atoms with Gasteiger partial charge < -0.3 is 28.7 Å². The zero-order valence-electron chi connectivity index (χ0n) is 30.5. The van der Waals surface area contributed by atoms with Gasteiger partial charge in [-0.1, -0.05) is 64.2 Å². The van der Waals surface area contributed by atoms with E-state index in [0.717, 1.165) is 89.9 Å². The highest BCUT2D eigenvalue weighted by Gasteiger charge is 2.27. The van der Waals surface area contributed by atoms with Gasteiger partial charge in [-0.3, -0.25) is 9.59 Å². The van der Waals surface area contributed by atoms with Crippen LogP contribution in [0.5, 0.6) is 0 Å². The first kappa shape index (κ1) is 41.5. The maximum absolute atomic E-state index is 12.9. The minimum atomic E-state index is -0.603. The summed E-state index contributed by atoms with van der Waals surface area (Å²) in [6, 6.07) is -0.0752. The van der Waals surface area contributed by atoms with Crippen molar-refractivity contribution in [2.75, 3.05) is 26.3 Å². The van der Waals surface area contributed by atoms with E-state index in [1.807, 2.05) is 55.4 Å². The number of carbonyl (C=O) groups excluding carboxylic acids is 4. The zero-order valence-corrected chi connectivity index (χ0v) is 30.5. The van der Waals surface area contributed by atoms with E-state index in [1.54, 1.807) is 9.80 Å². The fourth-order valence-corrected chi connectivity index (χ4v) is 5.43. The van der Waals surface area contributed by atoms with E-state index >= 15 is 0 Å². The number of ether oxygens (including phenoxy) is 4. The summed E-state index contributed by atoms with van der Waals surface area (Å²) in [6.07, 6.45) is 13.2. The first-order valence-corrected chi connectivity index (χ1v) is 17.9. The van der Waals surface area contributed by atoms with Gasteiger partial charge in [0.25, 0.3) is 0 Å². The van der Waals surface area contributed by atoms with Crippen LogP contribution in [0.4, 0.5) is 9.59 Å². The topological polar surface area (TPSA) is 112 Å². The van der Waals surface area contributed by atoms with E-state index in [4.69, 9.17) is 18.9 Å².